The number of ether oxygens (including phenoxy) is 1. The van der Waals surface area contributed by atoms with Gasteiger partial charge in [-0.3, -0.25) is 9.36 Å². The lowest BCUT2D eigenvalue weighted by molar-refractivity contribution is 0.0964. The molecule has 0 saturated carbocycles. The van der Waals surface area contributed by atoms with Crippen molar-refractivity contribution in [3.8, 4) is 0 Å². The summed E-state index contributed by atoms with van der Waals surface area (Å²) in [4.78, 5) is 26.5. The van der Waals surface area contributed by atoms with Crippen molar-refractivity contribution in [1.82, 2.24) is 14.8 Å². The van der Waals surface area contributed by atoms with Gasteiger partial charge in [0, 0.05) is 23.7 Å². The second-order valence-electron chi connectivity index (χ2n) is 7.74. The average Bonchev–Trinajstić information content (AvgIpc) is 3.29. The zero-order valence-corrected chi connectivity index (χ0v) is 16.7. The van der Waals surface area contributed by atoms with Gasteiger partial charge >= 0.3 is 6.09 Å². The number of fused-ring (bicyclic) bond motifs is 1. The summed E-state index contributed by atoms with van der Waals surface area (Å²) in [7, 11) is 4.09. The molecular weight excluding hydrogens is 366 g/mol. The molecule has 3 aromatic rings. The Morgan fingerprint density at radius 3 is 2.69 bits per heavy atom. The lowest BCUT2D eigenvalue weighted by atomic mass is 10.0. The molecule has 4 rings (SSSR count). The van der Waals surface area contributed by atoms with Crippen molar-refractivity contribution in [2.24, 2.45) is 0 Å². The second-order valence-corrected chi connectivity index (χ2v) is 7.74. The largest absolute Gasteiger partial charge is 0.447 e. The Morgan fingerprint density at radius 2 is 2.00 bits per heavy atom. The summed E-state index contributed by atoms with van der Waals surface area (Å²) in [6, 6.07) is 15.5. The Morgan fingerprint density at radius 1 is 1.21 bits per heavy atom. The van der Waals surface area contributed by atoms with E-state index in [1.54, 1.807) is 4.57 Å². The molecule has 1 aliphatic heterocycles. The van der Waals surface area contributed by atoms with Crippen molar-refractivity contribution in [3.05, 3.63) is 71.4 Å². The Labute approximate surface area is 170 Å². The summed E-state index contributed by atoms with van der Waals surface area (Å²) >= 11 is 0. The van der Waals surface area contributed by atoms with Crippen LogP contribution in [0.2, 0.25) is 0 Å². The number of hydrogen-bond donors (Lipinski definition) is 1. The third-order valence-electron chi connectivity index (χ3n) is 5.24. The summed E-state index contributed by atoms with van der Waals surface area (Å²) in [5.41, 5.74) is 3.83. The number of alkyl carbamates (subject to hydrolysis) is 1. The third kappa shape index (κ3) is 4.17. The number of nitrogens with zero attached hydrogens (tertiary/aromatic N) is 2. The maximum Gasteiger partial charge on any atom is 0.407 e. The molecule has 0 spiro atoms. The number of carbonyl (C=O) groups excluding carboxylic acids is 2. The van der Waals surface area contributed by atoms with Crippen LogP contribution in [0.5, 0.6) is 0 Å². The van der Waals surface area contributed by atoms with E-state index in [2.05, 4.69) is 16.3 Å². The molecular formula is C23H25N3O3. The Hall–Kier alpha value is -3.12. The van der Waals surface area contributed by atoms with Crippen LogP contribution in [-0.2, 0) is 17.6 Å². The molecule has 0 radical (unpaired) electrons. The van der Waals surface area contributed by atoms with E-state index in [0.717, 1.165) is 35.0 Å². The van der Waals surface area contributed by atoms with Crippen molar-refractivity contribution < 1.29 is 14.3 Å². The molecule has 1 aromatic heterocycles. The van der Waals surface area contributed by atoms with E-state index >= 15 is 0 Å². The minimum Gasteiger partial charge on any atom is -0.447 e. The first-order valence-corrected chi connectivity index (χ1v) is 9.82. The number of carbonyl (C=O) groups is 2. The van der Waals surface area contributed by atoms with Gasteiger partial charge in [-0.15, -0.1) is 0 Å². The lowest BCUT2D eigenvalue weighted by Crippen LogP contribution is -2.28. The van der Waals surface area contributed by atoms with Gasteiger partial charge in [-0.1, -0.05) is 24.3 Å². The summed E-state index contributed by atoms with van der Waals surface area (Å²) in [5, 5.41) is 3.91. The summed E-state index contributed by atoms with van der Waals surface area (Å²) in [6.45, 7) is 1.28. The fourth-order valence-corrected chi connectivity index (χ4v) is 3.72. The van der Waals surface area contributed by atoms with E-state index in [0.29, 0.717) is 18.6 Å². The van der Waals surface area contributed by atoms with Gasteiger partial charge in [0.15, 0.2) is 0 Å². The topological polar surface area (TPSA) is 63.6 Å². The van der Waals surface area contributed by atoms with Gasteiger partial charge in [0.05, 0.1) is 11.6 Å². The molecule has 0 aliphatic carbocycles. The molecule has 2 heterocycles. The number of likely N-dealkylation sites (N-methyl/N-ethyl adjacent to an activating group) is 1. The fraction of sp³-hybridized carbons (Fsp3) is 0.304. The van der Waals surface area contributed by atoms with E-state index < -0.39 is 0 Å². The van der Waals surface area contributed by atoms with Crippen molar-refractivity contribution in [3.63, 3.8) is 0 Å². The van der Waals surface area contributed by atoms with Crippen LogP contribution >= 0.6 is 0 Å². The summed E-state index contributed by atoms with van der Waals surface area (Å²) < 4.78 is 6.74. The molecule has 1 unspecified atom stereocenters. The molecule has 1 atom stereocenters. The van der Waals surface area contributed by atoms with Crippen LogP contribution in [0.1, 0.15) is 21.5 Å². The van der Waals surface area contributed by atoms with Crippen LogP contribution in [0.3, 0.4) is 0 Å². The molecule has 6 nitrogen and oxygen atoms in total. The number of aromatic nitrogens is 1. The van der Waals surface area contributed by atoms with Crippen LogP contribution in [-0.4, -0.2) is 54.8 Å². The number of amides is 1. The van der Waals surface area contributed by atoms with Crippen LogP contribution in [0, 0.1) is 0 Å². The van der Waals surface area contributed by atoms with Gasteiger partial charge < -0.3 is 15.0 Å². The van der Waals surface area contributed by atoms with Crippen LogP contribution in [0.25, 0.3) is 10.9 Å². The predicted octanol–water partition coefficient (Wildman–Crippen LogP) is 3.08. The highest BCUT2D eigenvalue weighted by Gasteiger charge is 2.23. The number of nitrogens with one attached hydrogen (secondary N) is 1. The Bertz CT molecular complexity index is 1040. The molecule has 1 fully saturated rings. The highest BCUT2D eigenvalue weighted by molar-refractivity contribution is 6.03. The number of cyclic esters (lactones) is 1. The Balaban J connectivity index is 1.70. The first-order valence-electron chi connectivity index (χ1n) is 9.82. The van der Waals surface area contributed by atoms with Crippen LogP contribution in [0.15, 0.2) is 54.7 Å². The van der Waals surface area contributed by atoms with Crippen molar-refractivity contribution in [2.75, 3.05) is 27.2 Å². The quantitative estimate of drug-likeness (QED) is 0.701. The minimum atomic E-state index is -0.359. The van der Waals surface area contributed by atoms with Gasteiger partial charge in [0.2, 0.25) is 0 Å². The van der Waals surface area contributed by atoms with Gasteiger partial charge in [0.1, 0.15) is 6.61 Å². The SMILES string of the molecule is CN(C)CCc1cn(C(=O)c2ccccc2)c2ccc(CC3COC(=O)N3)cc12. The standard InChI is InChI=1S/C23H25N3O3/c1-25(2)11-10-18-14-26(22(27)17-6-4-3-5-7-17)21-9-8-16(13-20(18)21)12-19-15-29-23(28)24-19/h3-9,13-14,19H,10-12,15H2,1-2H3,(H,24,28). The average molecular weight is 391 g/mol. The first kappa shape index (κ1) is 19.2. The van der Waals surface area contributed by atoms with Crippen molar-refractivity contribution in [1.29, 1.82) is 0 Å². The highest BCUT2D eigenvalue weighted by Crippen LogP contribution is 2.25. The molecule has 1 saturated heterocycles. The maximum atomic E-state index is 13.1. The molecule has 6 heteroatoms. The Kier molecular flexibility index (Phi) is 5.36. The van der Waals surface area contributed by atoms with Crippen molar-refractivity contribution in [2.45, 2.75) is 18.9 Å². The first-order chi connectivity index (χ1) is 14.0. The number of hydrogen-bond acceptors (Lipinski definition) is 4. The molecule has 2 aromatic carbocycles. The van der Waals surface area contributed by atoms with Gasteiger partial charge in [0.25, 0.3) is 5.91 Å². The minimum absolute atomic E-state index is 0.0155. The van der Waals surface area contributed by atoms with Crippen LogP contribution in [0.4, 0.5) is 4.79 Å². The number of rotatable bonds is 6. The molecule has 1 N–H and O–H groups in total. The van der Waals surface area contributed by atoms with Crippen LogP contribution < -0.4 is 5.32 Å². The van der Waals surface area contributed by atoms with E-state index in [9.17, 15) is 9.59 Å². The van der Waals surface area contributed by atoms with Gasteiger partial charge in [-0.2, -0.15) is 0 Å². The fourth-order valence-electron chi connectivity index (χ4n) is 3.72. The monoisotopic (exact) mass is 391 g/mol. The lowest BCUT2D eigenvalue weighted by Gasteiger charge is -2.10. The molecule has 1 amide bonds. The highest BCUT2D eigenvalue weighted by atomic mass is 16.6. The molecule has 1 aliphatic rings. The molecule has 0 bridgehead atoms. The summed E-state index contributed by atoms with van der Waals surface area (Å²) in [5.74, 6) is -0.0316. The van der Waals surface area contributed by atoms with Crippen molar-refractivity contribution >= 4 is 22.9 Å². The van der Waals surface area contributed by atoms with E-state index in [1.165, 1.54) is 0 Å². The molecule has 29 heavy (non-hydrogen) atoms. The van der Waals surface area contributed by atoms with E-state index in [-0.39, 0.29) is 18.0 Å². The smallest absolute Gasteiger partial charge is 0.407 e. The molecule has 150 valence electrons. The van der Waals surface area contributed by atoms with E-state index in [1.807, 2.05) is 62.8 Å². The second kappa shape index (κ2) is 8.09. The zero-order valence-electron chi connectivity index (χ0n) is 16.7. The predicted molar refractivity (Wildman–Crippen MR) is 112 cm³/mol. The zero-order chi connectivity index (χ0) is 20.4. The van der Waals surface area contributed by atoms with Gasteiger partial charge in [-0.25, -0.2) is 4.79 Å². The van der Waals surface area contributed by atoms with Gasteiger partial charge in [-0.05, 0) is 62.3 Å². The maximum absolute atomic E-state index is 13.1. The normalized spacial score (nSPS) is 16.2. The summed E-state index contributed by atoms with van der Waals surface area (Å²) in [6.07, 6.45) is 3.16. The number of benzene rings is 2. The van der Waals surface area contributed by atoms with E-state index in [4.69, 9.17) is 4.74 Å². The third-order valence-corrected chi connectivity index (χ3v) is 5.24.